The Bertz CT molecular complexity index is 702. The molecule has 0 N–H and O–H groups in total. The van der Waals surface area contributed by atoms with Crippen molar-refractivity contribution in [1.29, 1.82) is 0 Å². The van der Waals surface area contributed by atoms with Gasteiger partial charge in [-0.2, -0.15) is 0 Å². The Labute approximate surface area is 140 Å². The van der Waals surface area contributed by atoms with Crippen LogP contribution in [0.3, 0.4) is 0 Å². The minimum absolute atomic E-state index is 0.166. The zero-order valence-electron chi connectivity index (χ0n) is 13.4. The van der Waals surface area contributed by atoms with E-state index in [1.165, 1.54) is 12.0 Å². The Morgan fingerprint density at radius 3 is 2.33 bits per heavy atom. The van der Waals surface area contributed by atoms with Crippen LogP contribution in [0.25, 0.3) is 0 Å². The second-order valence-electron chi connectivity index (χ2n) is 5.71. The van der Waals surface area contributed by atoms with Crippen LogP contribution in [0.15, 0.2) is 60.7 Å². The van der Waals surface area contributed by atoms with E-state index in [9.17, 15) is 9.59 Å². The summed E-state index contributed by atoms with van der Waals surface area (Å²) in [7, 11) is 0. The molecule has 5 nitrogen and oxygen atoms in total. The number of rotatable bonds is 6. The lowest BCUT2D eigenvalue weighted by atomic mass is 9.89. The van der Waals surface area contributed by atoms with Gasteiger partial charge in [0.15, 0.2) is 0 Å². The SMILES string of the molecule is CC(=O)O[C@@H](c1ccccc1)[C@H]1CN(OCc2ccccc2)C1=O. The van der Waals surface area contributed by atoms with E-state index in [0.29, 0.717) is 13.2 Å². The van der Waals surface area contributed by atoms with Gasteiger partial charge >= 0.3 is 5.97 Å². The van der Waals surface area contributed by atoms with Gasteiger partial charge in [0.1, 0.15) is 18.6 Å². The highest BCUT2D eigenvalue weighted by atomic mass is 16.7. The van der Waals surface area contributed by atoms with E-state index in [4.69, 9.17) is 9.57 Å². The van der Waals surface area contributed by atoms with Crippen LogP contribution < -0.4 is 0 Å². The normalized spacial score (nSPS) is 18.0. The molecule has 1 amide bonds. The van der Waals surface area contributed by atoms with Crippen LogP contribution in [-0.4, -0.2) is 23.5 Å². The molecule has 124 valence electrons. The lowest BCUT2D eigenvalue weighted by Gasteiger charge is -2.40. The summed E-state index contributed by atoms with van der Waals surface area (Å²) in [5.74, 6) is -0.978. The molecule has 1 aliphatic rings. The van der Waals surface area contributed by atoms with Gasteiger partial charge in [-0.25, -0.2) is 5.06 Å². The summed E-state index contributed by atoms with van der Waals surface area (Å²) in [6.45, 7) is 2.09. The highest BCUT2D eigenvalue weighted by Crippen LogP contribution is 2.34. The maximum Gasteiger partial charge on any atom is 0.303 e. The van der Waals surface area contributed by atoms with E-state index < -0.39 is 18.0 Å². The Hall–Kier alpha value is -2.66. The van der Waals surface area contributed by atoms with Gasteiger partial charge in [-0.15, -0.1) is 0 Å². The lowest BCUT2D eigenvalue weighted by Crippen LogP contribution is -2.54. The molecule has 2 aromatic carbocycles. The molecule has 0 bridgehead atoms. The monoisotopic (exact) mass is 325 g/mol. The summed E-state index contributed by atoms with van der Waals surface area (Å²) >= 11 is 0. The van der Waals surface area contributed by atoms with E-state index in [1.54, 1.807) is 0 Å². The average Bonchev–Trinajstić information content (AvgIpc) is 2.61. The zero-order valence-corrected chi connectivity index (χ0v) is 13.4. The fraction of sp³-hybridized carbons (Fsp3) is 0.263. The first-order valence-electron chi connectivity index (χ1n) is 7.85. The van der Waals surface area contributed by atoms with Gasteiger partial charge in [0, 0.05) is 6.92 Å². The molecule has 2 atom stereocenters. The first-order valence-corrected chi connectivity index (χ1v) is 7.85. The van der Waals surface area contributed by atoms with Crippen molar-refractivity contribution >= 4 is 11.9 Å². The third-order valence-electron chi connectivity index (χ3n) is 3.94. The van der Waals surface area contributed by atoms with Crippen molar-refractivity contribution in [2.75, 3.05) is 6.54 Å². The van der Waals surface area contributed by atoms with Gasteiger partial charge in [-0.1, -0.05) is 60.7 Å². The van der Waals surface area contributed by atoms with E-state index in [0.717, 1.165) is 11.1 Å². The number of β-lactam (4-membered cyclic amide) rings is 1. The average molecular weight is 325 g/mol. The summed E-state index contributed by atoms with van der Waals surface area (Å²) in [6, 6.07) is 19.0. The van der Waals surface area contributed by atoms with Crippen LogP contribution in [0, 0.1) is 5.92 Å². The van der Waals surface area contributed by atoms with E-state index in [2.05, 4.69) is 0 Å². The summed E-state index contributed by atoms with van der Waals surface area (Å²) in [5.41, 5.74) is 1.81. The molecular weight excluding hydrogens is 306 g/mol. The molecule has 1 saturated heterocycles. The summed E-state index contributed by atoms with van der Waals surface area (Å²) in [4.78, 5) is 29.3. The molecule has 0 unspecified atom stereocenters. The molecular formula is C19H19NO4. The first kappa shape index (κ1) is 16.2. The molecule has 5 heteroatoms. The number of benzene rings is 2. The zero-order chi connectivity index (χ0) is 16.9. The Morgan fingerprint density at radius 2 is 1.75 bits per heavy atom. The minimum atomic E-state index is -0.576. The fourth-order valence-corrected chi connectivity index (χ4v) is 2.69. The van der Waals surface area contributed by atoms with Crippen LogP contribution in [0.1, 0.15) is 24.2 Å². The highest BCUT2D eigenvalue weighted by molar-refractivity contribution is 5.84. The van der Waals surface area contributed by atoms with Gasteiger partial charge in [-0.05, 0) is 11.1 Å². The molecule has 1 fully saturated rings. The second kappa shape index (κ2) is 7.27. The molecule has 0 aliphatic carbocycles. The first-order chi connectivity index (χ1) is 11.6. The van der Waals surface area contributed by atoms with Crippen molar-refractivity contribution in [3.8, 4) is 0 Å². The smallest absolute Gasteiger partial charge is 0.303 e. The summed E-state index contributed by atoms with van der Waals surface area (Å²) in [5, 5.41) is 1.33. The largest absolute Gasteiger partial charge is 0.457 e. The molecule has 0 radical (unpaired) electrons. The number of hydrogen-bond donors (Lipinski definition) is 0. The molecule has 0 spiro atoms. The number of esters is 1. The highest BCUT2D eigenvalue weighted by Gasteiger charge is 2.45. The standard InChI is InChI=1S/C19H19NO4/c1-14(21)24-18(16-10-6-3-7-11-16)17-12-20(19(17)22)23-13-15-8-4-2-5-9-15/h2-11,17-18H,12-13H2,1H3/t17-,18+/m1/s1. The van der Waals surface area contributed by atoms with Crippen LogP contribution in [-0.2, 0) is 25.8 Å². The number of carbonyl (C=O) groups is 2. The Morgan fingerprint density at radius 1 is 1.12 bits per heavy atom. The molecule has 1 aliphatic heterocycles. The maximum atomic E-state index is 12.4. The lowest BCUT2D eigenvalue weighted by molar-refractivity contribution is -0.235. The van der Waals surface area contributed by atoms with Gasteiger partial charge in [-0.3, -0.25) is 14.4 Å². The third kappa shape index (κ3) is 3.63. The molecule has 2 aromatic rings. The van der Waals surface area contributed by atoms with Crippen LogP contribution >= 0.6 is 0 Å². The minimum Gasteiger partial charge on any atom is -0.457 e. The molecule has 24 heavy (non-hydrogen) atoms. The quantitative estimate of drug-likeness (QED) is 0.605. The van der Waals surface area contributed by atoms with Crippen LogP contribution in [0.5, 0.6) is 0 Å². The van der Waals surface area contributed by atoms with E-state index in [1.807, 2.05) is 60.7 Å². The number of hydroxylamine groups is 2. The van der Waals surface area contributed by atoms with Gasteiger partial charge in [0.25, 0.3) is 5.91 Å². The number of amides is 1. The molecule has 1 heterocycles. The van der Waals surface area contributed by atoms with Gasteiger partial charge in [0.05, 0.1) is 6.54 Å². The second-order valence-corrected chi connectivity index (χ2v) is 5.71. The third-order valence-corrected chi connectivity index (χ3v) is 3.94. The number of nitrogens with zero attached hydrogens (tertiary/aromatic N) is 1. The predicted molar refractivity (Wildman–Crippen MR) is 87.4 cm³/mol. The van der Waals surface area contributed by atoms with E-state index >= 15 is 0 Å². The Kier molecular flexibility index (Phi) is 4.91. The molecule has 0 aromatic heterocycles. The van der Waals surface area contributed by atoms with E-state index in [-0.39, 0.29) is 5.91 Å². The predicted octanol–water partition coefficient (Wildman–Crippen LogP) is 2.88. The Balaban J connectivity index is 1.62. The van der Waals surface area contributed by atoms with Crippen molar-refractivity contribution in [2.24, 2.45) is 5.92 Å². The number of hydrogen-bond acceptors (Lipinski definition) is 4. The summed E-state index contributed by atoms with van der Waals surface area (Å²) in [6.07, 6.45) is -0.576. The maximum absolute atomic E-state index is 12.4. The molecule has 0 saturated carbocycles. The van der Waals surface area contributed by atoms with Gasteiger partial charge < -0.3 is 4.74 Å². The van der Waals surface area contributed by atoms with Crippen molar-refractivity contribution < 1.29 is 19.2 Å². The topological polar surface area (TPSA) is 55.8 Å². The fourth-order valence-electron chi connectivity index (χ4n) is 2.69. The number of ether oxygens (including phenoxy) is 1. The number of carbonyl (C=O) groups excluding carboxylic acids is 2. The van der Waals surface area contributed by atoms with Gasteiger partial charge in [0.2, 0.25) is 0 Å². The van der Waals surface area contributed by atoms with Crippen molar-refractivity contribution in [1.82, 2.24) is 5.06 Å². The van der Waals surface area contributed by atoms with Crippen molar-refractivity contribution in [3.63, 3.8) is 0 Å². The summed E-state index contributed by atoms with van der Waals surface area (Å²) < 4.78 is 5.38. The van der Waals surface area contributed by atoms with Crippen LogP contribution in [0.2, 0.25) is 0 Å². The van der Waals surface area contributed by atoms with Crippen LogP contribution in [0.4, 0.5) is 0 Å². The molecule has 3 rings (SSSR count). The van der Waals surface area contributed by atoms with Crippen molar-refractivity contribution in [2.45, 2.75) is 19.6 Å². The van der Waals surface area contributed by atoms with Crippen molar-refractivity contribution in [3.05, 3.63) is 71.8 Å².